The summed E-state index contributed by atoms with van der Waals surface area (Å²) in [5.41, 5.74) is 0.211. The highest BCUT2D eigenvalue weighted by atomic mass is 32.2. The lowest BCUT2D eigenvalue weighted by Crippen LogP contribution is -2.51. The smallest absolute Gasteiger partial charge is 0.129 e. The van der Waals surface area contributed by atoms with Crippen LogP contribution in [-0.2, 0) is 6.42 Å². The molecule has 2 aliphatic heterocycles. The fourth-order valence-corrected chi connectivity index (χ4v) is 5.09. The molecule has 2 nitrogen and oxygen atoms in total. The van der Waals surface area contributed by atoms with E-state index in [2.05, 4.69) is 4.90 Å². The minimum Gasteiger partial charge on any atom is -0.396 e. The summed E-state index contributed by atoms with van der Waals surface area (Å²) in [5.74, 6) is 1.37. The summed E-state index contributed by atoms with van der Waals surface area (Å²) in [6.07, 6.45) is 4.83. The van der Waals surface area contributed by atoms with E-state index >= 15 is 0 Å². The molecule has 2 fully saturated rings. The average molecular weight is 341 g/mol. The molecule has 0 amide bonds. The summed E-state index contributed by atoms with van der Waals surface area (Å²) in [6, 6.07) is 4.38. The molecule has 1 aromatic rings. The number of aliphatic hydroxyl groups is 1. The first-order chi connectivity index (χ1) is 11.1. The van der Waals surface area contributed by atoms with Crippen LogP contribution in [0.1, 0.15) is 31.2 Å². The second-order valence-electron chi connectivity index (χ2n) is 6.99. The summed E-state index contributed by atoms with van der Waals surface area (Å²) < 4.78 is 27.1. The third-order valence-corrected chi connectivity index (χ3v) is 6.36. The van der Waals surface area contributed by atoms with Crippen molar-refractivity contribution in [3.63, 3.8) is 0 Å². The second-order valence-corrected chi connectivity index (χ2v) is 8.21. The number of rotatable bonds is 4. The van der Waals surface area contributed by atoms with Crippen LogP contribution in [0.15, 0.2) is 18.2 Å². The maximum absolute atomic E-state index is 14.0. The first kappa shape index (κ1) is 17.2. The van der Waals surface area contributed by atoms with Gasteiger partial charge in [-0.1, -0.05) is 6.07 Å². The van der Waals surface area contributed by atoms with Crippen LogP contribution >= 0.6 is 11.8 Å². The SMILES string of the molecule is OC[C@]1(Cc2ccc(F)cc2F)CCCN(C2CCSCC2)C1. The maximum Gasteiger partial charge on any atom is 0.129 e. The lowest BCUT2D eigenvalue weighted by atomic mass is 9.75. The van der Waals surface area contributed by atoms with E-state index in [0.717, 1.165) is 32.0 Å². The van der Waals surface area contributed by atoms with E-state index in [-0.39, 0.29) is 12.0 Å². The second kappa shape index (κ2) is 7.49. The molecule has 2 aliphatic rings. The summed E-state index contributed by atoms with van der Waals surface area (Å²) in [6.45, 7) is 1.94. The van der Waals surface area contributed by atoms with Crippen LogP contribution in [0.2, 0.25) is 0 Å². The van der Waals surface area contributed by atoms with Gasteiger partial charge in [0.25, 0.3) is 0 Å². The Labute approximate surface area is 141 Å². The van der Waals surface area contributed by atoms with Gasteiger partial charge in [0, 0.05) is 24.1 Å². The normalized spacial score (nSPS) is 27.3. The van der Waals surface area contributed by atoms with Crippen molar-refractivity contribution < 1.29 is 13.9 Å². The van der Waals surface area contributed by atoms with Gasteiger partial charge >= 0.3 is 0 Å². The minimum atomic E-state index is -0.547. The Hall–Kier alpha value is -0.650. The molecule has 23 heavy (non-hydrogen) atoms. The number of benzene rings is 1. The maximum atomic E-state index is 14.0. The monoisotopic (exact) mass is 341 g/mol. The largest absolute Gasteiger partial charge is 0.396 e. The highest BCUT2D eigenvalue weighted by molar-refractivity contribution is 7.99. The molecule has 128 valence electrons. The summed E-state index contributed by atoms with van der Waals surface area (Å²) in [5, 5.41) is 10.0. The van der Waals surface area contributed by atoms with E-state index in [1.807, 2.05) is 11.8 Å². The van der Waals surface area contributed by atoms with Crippen molar-refractivity contribution in [2.24, 2.45) is 5.41 Å². The molecule has 0 aliphatic carbocycles. The molecule has 1 aromatic carbocycles. The number of hydrogen-bond acceptors (Lipinski definition) is 3. The van der Waals surface area contributed by atoms with Crippen LogP contribution in [-0.4, -0.2) is 47.3 Å². The molecular weight excluding hydrogens is 316 g/mol. The fourth-order valence-electron chi connectivity index (χ4n) is 4.01. The van der Waals surface area contributed by atoms with Gasteiger partial charge in [-0.2, -0.15) is 11.8 Å². The summed E-state index contributed by atoms with van der Waals surface area (Å²) in [7, 11) is 0. The van der Waals surface area contributed by atoms with Gasteiger partial charge in [0.2, 0.25) is 0 Å². The molecule has 0 radical (unpaired) electrons. The van der Waals surface area contributed by atoms with Crippen molar-refractivity contribution >= 4 is 11.8 Å². The Balaban J connectivity index is 1.73. The van der Waals surface area contributed by atoms with Crippen LogP contribution in [0.4, 0.5) is 8.78 Å². The molecular formula is C18H25F2NOS. The summed E-state index contributed by atoms with van der Waals surface area (Å²) in [4.78, 5) is 2.50. The number of likely N-dealkylation sites (tertiary alicyclic amines) is 1. The van der Waals surface area contributed by atoms with Crippen molar-refractivity contribution in [3.05, 3.63) is 35.4 Å². The van der Waals surface area contributed by atoms with Gasteiger partial charge in [-0.15, -0.1) is 0 Å². The first-order valence-corrected chi connectivity index (χ1v) is 9.64. The van der Waals surface area contributed by atoms with Crippen LogP contribution in [0, 0.1) is 17.0 Å². The number of nitrogens with zero attached hydrogens (tertiary/aromatic N) is 1. The standard InChI is InChI=1S/C18H25F2NOS/c19-15-3-2-14(17(20)10-15)11-18(13-22)6-1-7-21(12-18)16-4-8-23-9-5-16/h2-3,10,16,22H,1,4-9,11-13H2/t18-/m0/s1. The molecule has 3 rings (SSSR count). The third-order valence-electron chi connectivity index (χ3n) is 5.31. The summed E-state index contributed by atoms with van der Waals surface area (Å²) >= 11 is 2.01. The number of hydrogen-bond donors (Lipinski definition) is 1. The Morgan fingerprint density at radius 3 is 2.74 bits per heavy atom. The van der Waals surface area contributed by atoms with E-state index < -0.39 is 11.6 Å². The van der Waals surface area contributed by atoms with Gasteiger partial charge in [0.1, 0.15) is 11.6 Å². The van der Waals surface area contributed by atoms with Crippen LogP contribution in [0.5, 0.6) is 0 Å². The van der Waals surface area contributed by atoms with Gasteiger partial charge in [0.05, 0.1) is 6.61 Å². The quantitative estimate of drug-likeness (QED) is 0.907. The van der Waals surface area contributed by atoms with Crippen molar-refractivity contribution in [3.8, 4) is 0 Å². The van der Waals surface area contributed by atoms with Crippen molar-refractivity contribution in [2.45, 2.75) is 38.1 Å². The molecule has 2 saturated heterocycles. The lowest BCUT2D eigenvalue weighted by Gasteiger charge is -2.46. The number of piperidine rings is 1. The van der Waals surface area contributed by atoms with Gasteiger partial charge < -0.3 is 5.11 Å². The highest BCUT2D eigenvalue weighted by Crippen LogP contribution is 2.36. The Morgan fingerprint density at radius 2 is 2.04 bits per heavy atom. The first-order valence-electron chi connectivity index (χ1n) is 8.48. The molecule has 1 atom stereocenters. The van der Waals surface area contributed by atoms with Crippen LogP contribution < -0.4 is 0 Å². The van der Waals surface area contributed by atoms with E-state index in [4.69, 9.17) is 0 Å². The predicted molar refractivity (Wildman–Crippen MR) is 90.7 cm³/mol. The average Bonchev–Trinajstić information content (AvgIpc) is 2.58. The van der Waals surface area contributed by atoms with Gasteiger partial charge in [-0.05, 0) is 61.8 Å². The third kappa shape index (κ3) is 4.06. The molecule has 0 unspecified atom stereocenters. The lowest BCUT2D eigenvalue weighted by molar-refractivity contribution is 0.0101. The van der Waals surface area contributed by atoms with Crippen LogP contribution in [0.25, 0.3) is 0 Å². The van der Waals surface area contributed by atoms with Gasteiger partial charge in [0.15, 0.2) is 0 Å². The zero-order chi connectivity index (χ0) is 16.3. The Morgan fingerprint density at radius 1 is 1.26 bits per heavy atom. The number of thioether (sulfide) groups is 1. The zero-order valence-corrected chi connectivity index (χ0v) is 14.3. The molecule has 0 spiro atoms. The molecule has 0 aromatic heterocycles. The number of halogens is 2. The van der Waals surface area contributed by atoms with Gasteiger partial charge in [-0.25, -0.2) is 8.78 Å². The predicted octanol–water partition coefficient (Wildman–Crippen LogP) is 3.48. The molecule has 5 heteroatoms. The zero-order valence-electron chi connectivity index (χ0n) is 13.4. The van der Waals surface area contributed by atoms with E-state index in [9.17, 15) is 13.9 Å². The van der Waals surface area contributed by atoms with Gasteiger partial charge in [-0.3, -0.25) is 4.90 Å². The Bertz CT molecular complexity index is 536. The number of aliphatic hydroxyl groups excluding tert-OH is 1. The fraction of sp³-hybridized carbons (Fsp3) is 0.667. The van der Waals surface area contributed by atoms with Crippen molar-refractivity contribution in [1.82, 2.24) is 4.90 Å². The Kier molecular flexibility index (Phi) is 5.60. The van der Waals surface area contributed by atoms with E-state index in [1.165, 1.54) is 36.5 Å². The molecule has 1 N–H and O–H groups in total. The molecule has 0 saturated carbocycles. The van der Waals surface area contributed by atoms with Crippen molar-refractivity contribution in [1.29, 1.82) is 0 Å². The highest BCUT2D eigenvalue weighted by Gasteiger charge is 2.38. The molecule has 2 heterocycles. The molecule has 0 bridgehead atoms. The topological polar surface area (TPSA) is 23.5 Å². The van der Waals surface area contributed by atoms with Crippen LogP contribution in [0.3, 0.4) is 0 Å². The van der Waals surface area contributed by atoms with E-state index in [1.54, 1.807) is 0 Å². The van der Waals surface area contributed by atoms with Crippen molar-refractivity contribution in [2.75, 3.05) is 31.2 Å². The minimum absolute atomic E-state index is 0.0573. The van der Waals surface area contributed by atoms with E-state index in [0.29, 0.717) is 18.0 Å².